The van der Waals surface area contributed by atoms with Crippen LogP contribution in [0.5, 0.6) is 0 Å². The third-order valence-corrected chi connectivity index (χ3v) is 2.16. The molecule has 0 aromatic rings. The molecule has 1 aliphatic rings. The van der Waals surface area contributed by atoms with Crippen molar-refractivity contribution < 1.29 is 4.74 Å². The van der Waals surface area contributed by atoms with Crippen LogP contribution in [0.25, 0.3) is 0 Å². The average molecular weight is 241 g/mol. The van der Waals surface area contributed by atoms with Crippen molar-refractivity contribution in [3.05, 3.63) is 0 Å². The Morgan fingerprint density at radius 1 is 1.33 bits per heavy atom. The summed E-state index contributed by atoms with van der Waals surface area (Å²) in [7, 11) is 0. The minimum absolute atomic E-state index is 0.408. The molecule has 0 aromatic carbocycles. The molecule has 54 valence electrons. The Morgan fingerprint density at radius 2 is 1.78 bits per heavy atom. The topological polar surface area (TPSA) is 12.5 Å². The van der Waals surface area contributed by atoms with E-state index in [1.807, 2.05) is 0 Å². The van der Waals surface area contributed by atoms with E-state index in [2.05, 4.69) is 39.8 Å². The molecule has 0 spiro atoms. The summed E-state index contributed by atoms with van der Waals surface area (Å²) >= 11 is 2.34. The summed E-state index contributed by atoms with van der Waals surface area (Å²) in [5.41, 5.74) is 0. The van der Waals surface area contributed by atoms with Gasteiger partial charge in [0.1, 0.15) is 0 Å². The quantitative estimate of drug-likeness (QED) is 0.470. The molecule has 3 heteroatoms. The van der Waals surface area contributed by atoms with Crippen LogP contribution in [-0.4, -0.2) is 28.4 Å². The molecule has 0 radical (unpaired) electrons. The van der Waals surface area contributed by atoms with Gasteiger partial charge in [-0.05, 0) is 13.8 Å². The fraction of sp³-hybridized carbons (Fsp3) is 1.00. The van der Waals surface area contributed by atoms with Crippen LogP contribution in [0.3, 0.4) is 0 Å². The van der Waals surface area contributed by atoms with Crippen LogP contribution >= 0.6 is 22.9 Å². The largest absolute Gasteiger partial charge is 0.373 e. The molecule has 9 heavy (non-hydrogen) atoms. The lowest BCUT2D eigenvalue weighted by atomic mass is 10.3. The molecule has 0 saturated carbocycles. The molecule has 2 atom stereocenters. The van der Waals surface area contributed by atoms with E-state index in [1.54, 1.807) is 0 Å². The molecule has 2 nitrogen and oxygen atoms in total. The minimum Gasteiger partial charge on any atom is -0.373 e. The molecule has 0 aliphatic carbocycles. The number of ether oxygens (including phenoxy) is 1. The summed E-state index contributed by atoms with van der Waals surface area (Å²) in [6.45, 7) is 6.35. The van der Waals surface area contributed by atoms with Crippen LogP contribution in [0, 0.1) is 0 Å². The van der Waals surface area contributed by atoms with E-state index in [4.69, 9.17) is 4.74 Å². The van der Waals surface area contributed by atoms with Crippen LogP contribution in [0.15, 0.2) is 0 Å². The van der Waals surface area contributed by atoms with E-state index >= 15 is 0 Å². The van der Waals surface area contributed by atoms with Gasteiger partial charge in [-0.2, -0.15) is 0 Å². The van der Waals surface area contributed by atoms with Crippen molar-refractivity contribution >= 4 is 22.9 Å². The van der Waals surface area contributed by atoms with Crippen molar-refractivity contribution in [3.63, 3.8) is 0 Å². The van der Waals surface area contributed by atoms with Gasteiger partial charge in [0.25, 0.3) is 0 Å². The number of hydrogen-bond donors (Lipinski definition) is 0. The van der Waals surface area contributed by atoms with Crippen LogP contribution in [0.4, 0.5) is 0 Å². The maximum absolute atomic E-state index is 5.51. The number of halogens is 1. The maximum Gasteiger partial charge on any atom is 0.0686 e. The molecule has 0 unspecified atom stereocenters. The minimum atomic E-state index is 0.408. The highest BCUT2D eigenvalue weighted by Crippen LogP contribution is 2.13. The van der Waals surface area contributed by atoms with Gasteiger partial charge in [0.15, 0.2) is 0 Å². The smallest absolute Gasteiger partial charge is 0.0686 e. The zero-order valence-electron chi connectivity index (χ0n) is 5.80. The first-order valence-corrected chi connectivity index (χ1v) is 4.21. The monoisotopic (exact) mass is 241 g/mol. The Bertz CT molecular complexity index is 74.0. The second-order valence-electron chi connectivity index (χ2n) is 2.59. The Hall–Kier alpha value is 0.650. The van der Waals surface area contributed by atoms with Crippen LogP contribution in [0.2, 0.25) is 0 Å². The number of rotatable bonds is 0. The van der Waals surface area contributed by atoms with Gasteiger partial charge >= 0.3 is 0 Å². The normalized spacial score (nSPS) is 39.0. The van der Waals surface area contributed by atoms with E-state index in [9.17, 15) is 0 Å². The van der Waals surface area contributed by atoms with Crippen molar-refractivity contribution in [2.45, 2.75) is 26.1 Å². The van der Waals surface area contributed by atoms with Crippen LogP contribution in [0.1, 0.15) is 13.8 Å². The fourth-order valence-corrected chi connectivity index (χ4v) is 2.22. The average Bonchev–Trinajstić information content (AvgIpc) is 1.59. The fourth-order valence-electron chi connectivity index (χ4n) is 1.12. The lowest BCUT2D eigenvalue weighted by Crippen LogP contribution is -2.40. The third-order valence-electron chi connectivity index (χ3n) is 1.38. The molecule has 0 amide bonds. The first-order chi connectivity index (χ1) is 4.18. The Labute approximate surface area is 70.0 Å². The molecular weight excluding hydrogens is 229 g/mol. The summed E-state index contributed by atoms with van der Waals surface area (Å²) in [4.78, 5) is 0. The lowest BCUT2D eigenvalue weighted by Gasteiger charge is -2.30. The Balaban J connectivity index is 2.34. The van der Waals surface area contributed by atoms with Crippen molar-refractivity contribution in [1.29, 1.82) is 0 Å². The SMILES string of the molecule is C[C@H]1CN(I)C[C@H](C)O1. The molecule has 0 N–H and O–H groups in total. The Kier molecular flexibility index (Phi) is 2.73. The van der Waals surface area contributed by atoms with Crippen molar-refractivity contribution in [2.24, 2.45) is 0 Å². The second kappa shape index (κ2) is 3.16. The van der Waals surface area contributed by atoms with Gasteiger partial charge in [-0.15, -0.1) is 0 Å². The second-order valence-corrected chi connectivity index (χ2v) is 3.95. The van der Waals surface area contributed by atoms with Gasteiger partial charge in [0, 0.05) is 36.0 Å². The van der Waals surface area contributed by atoms with Gasteiger partial charge < -0.3 is 4.74 Å². The van der Waals surface area contributed by atoms with Gasteiger partial charge in [0.2, 0.25) is 0 Å². The maximum atomic E-state index is 5.51. The molecule has 0 bridgehead atoms. The van der Waals surface area contributed by atoms with E-state index in [0.29, 0.717) is 12.2 Å². The number of morpholine rings is 1. The highest BCUT2D eigenvalue weighted by Gasteiger charge is 2.19. The summed E-state index contributed by atoms with van der Waals surface area (Å²) in [6.07, 6.45) is 0.816. The van der Waals surface area contributed by atoms with Crippen molar-refractivity contribution in [1.82, 2.24) is 3.11 Å². The molecule has 1 fully saturated rings. The lowest BCUT2D eigenvalue weighted by molar-refractivity contribution is -0.0367. The van der Waals surface area contributed by atoms with Gasteiger partial charge in [0.05, 0.1) is 12.2 Å². The zero-order valence-corrected chi connectivity index (χ0v) is 7.96. The van der Waals surface area contributed by atoms with Crippen LogP contribution in [-0.2, 0) is 4.74 Å². The summed E-state index contributed by atoms with van der Waals surface area (Å²) < 4.78 is 7.78. The number of nitrogens with zero attached hydrogens (tertiary/aromatic N) is 1. The van der Waals surface area contributed by atoms with E-state index < -0.39 is 0 Å². The molecular formula is C6H12INO. The highest BCUT2D eigenvalue weighted by molar-refractivity contribution is 14.1. The summed E-state index contributed by atoms with van der Waals surface area (Å²) in [5, 5.41) is 0. The molecule has 1 aliphatic heterocycles. The van der Waals surface area contributed by atoms with Crippen LogP contribution < -0.4 is 0 Å². The molecule has 1 saturated heterocycles. The molecule has 1 heterocycles. The van der Waals surface area contributed by atoms with Gasteiger partial charge in [-0.1, -0.05) is 0 Å². The van der Waals surface area contributed by atoms with Crippen molar-refractivity contribution in [2.75, 3.05) is 13.1 Å². The van der Waals surface area contributed by atoms with Crippen molar-refractivity contribution in [3.8, 4) is 0 Å². The van der Waals surface area contributed by atoms with E-state index in [-0.39, 0.29) is 0 Å². The zero-order chi connectivity index (χ0) is 6.85. The van der Waals surface area contributed by atoms with Gasteiger partial charge in [-0.25, -0.2) is 3.11 Å². The van der Waals surface area contributed by atoms with Gasteiger partial charge in [-0.3, -0.25) is 0 Å². The standard InChI is InChI=1S/C6H12INO/c1-5-3-8(7)4-6(2)9-5/h5-6H,3-4H2,1-2H3/t5-,6-/m0/s1. The third kappa shape index (κ3) is 2.39. The first kappa shape index (κ1) is 7.75. The highest BCUT2D eigenvalue weighted by atomic mass is 127. The predicted molar refractivity (Wildman–Crippen MR) is 45.6 cm³/mol. The molecule has 0 aromatic heterocycles. The molecule has 1 rings (SSSR count). The summed E-state index contributed by atoms with van der Waals surface area (Å²) in [5.74, 6) is 0. The Morgan fingerprint density at radius 3 is 2.11 bits per heavy atom. The van der Waals surface area contributed by atoms with E-state index in [0.717, 1.165) is 13.1 Å². The summed E-state index contributed by atoms with van der Waals surface area (Å²) in [6, 6.07) is 0. The van der Waals surface area contributed by atoms with E-state index in [1.165, 1.54) is 0 Å². The number of hydrogen-bond acceptors (Lipinski definition) is 2. The predicted octanol–water partition coefficient (Wildman–Crippen LogP) is 1.45. The first-order valence-electron chi connectivity index (χ1n) is 3.24.